The second-order valence-electron chi connectivity index (χ2n) is 6.22. The number of hydrogen-bond donors (Lipinski definition) is 1. The molecule has 106 valence electrons. The average molecular weight is 266 g/mol. The minimum atomic E-state index is -0.742. The van der Waals surface area contributed by atoms with Crippen LogP contribution in [0.15, 0.2) is 0 Å². The zero-order valence-electron chi connectivity index (χ0n) is 11.4. The fourth-order valence-electron chi connectivity index (χ4n) is 4.18. The Morgan fingerprint density at radius 1 is 1.16 bits per heavy atom. The van der Waals surface area contributed by atoms with Crippen molar-refractivity contribution in [3.05, 3.63) is 0 Å². The van der Waals surface area contributed by atoms with Crippen LogP contribution in [0.25, 0.3) is 0 Å². The summed E-state index contributed by atoms with van der Waals surface area (Å²) in [4.78, 5) is 27.6. The first kappa shape index (κ1) is 12.8. The van der Waals surface area contributed by atoms with Gasteiger partial charge in [0.15, 0.2) is 0 Å². The van der Waals surface area contributed by atoms with E-state index >= 15 is 0 Å². The van der Waals surface area contributed by atoms with Crippen molar-refractivity contribution in [2.45, 2.75) is 63.1 Å². The first-order chi connectivity index (χ1) is 9.09. The predicted octanol–water partition coefficient (Wildman–Crippen LogP) is 1.92. The van der Waals surface area contributed by atoms with Crippen molar-refractivity contribution in [1.29, 1.82) is 0 Å². The van der Waals surface area contributed by atoms with Crippen LogP contribution in [0.2, 0.25) is 0 Å². The maximum atomic E-state index is 12.6. The largest absolute Gasteiger partial charge is 0.481 e. The third-order valence-corrected chi connectivity index (χ3v) is 5.25. The van der Waals surface area contributed by atoms with Gasteiger partial charge in [-0.15, -0.1) is 0 Å². The number of rotatable bonds is 2. The minimum Gasteiger partial charge on any atom is -0.481 e. The Kier molecular flexibility index (Phi) is 3.15. The number of nitrogens with zero attached hydrogens (tertiary/aromatic N) is 2. The van der Waals surface area contributed by atoms with Crippen LogP contribution in [0.4, 0.5) is 4.79 Å². The highest BCUT2D eigenvalue weighted by molar-refractivity contribution is 5.79. The maximum Gasteiger partial charge on any atom is 0.320 e. The third kappa shape index (κ3) is 1.99. The molecule has 5 nitrogen and oxygen atoms in total. The quantitative estimate of drug-likeness (QED) is 0.830. The molecule has 3 rings (SSSR count). The molecule has 2 aliphatic heterocycles. The molecule has 5 heteroatoms. The van der Waals surface area contributed by atoms with E-state index in [9.17, 15) is 14.7 Å². The van der Waals surface area contributed by atoms with Gasteiger partial charge in [0.1, 0.15) is 0 Å². The zero-order valence-corrected chi connectivity index (χ0v) is 11.4. The number of carbonyl (C=O) groups excluding carboxylic acids is 1. The highest BCUT2D eigenvalue weighted by atomic mass is 16.4. The van der Waals surface area contributed by atoms with E-state index < -0.39 is 5.97 Å². The second kappa shape index (κ2) is 4.69. The van der Waals surface area contributed by atoms with Gasteiger partial charge in [-0.2, -0.15) is 0 Å². The van der Waals surface area contributed by atoms with E-state index in [1.165, 1.54) is 12.8 Å². The fourth-order valence-corrected chi connectivity index (χ4v) is 4.18. The first-order valence-electron chi connectivity index (χ1n) is 7.37. The Labute approximate surface area is 113 Å². The lowest BCUT2D eigenvalue weighted by atomic mass is 9.89. The van der Waals surface area contributed by atoms with Crippen LogP contribution in [0.5, 0.6) is 0 Å². The summed E-state index contributed by atoms with van der Waals surface area (Å²) in [6.45, 7) is 0. The Morgan fingerprint density at radius 2 is 1.84 bits per heavy atom. The van der Waals surface area contributed by atoms with E-state index in [4.69, 9.17) is 0 Å². The van der Waals surface area contributed by atoms with Gasteiger partial charge in [0.05, 0.1) is 5.92 Å². The topological polar surface area (TPSA) is 60.9 Å². The number of carbonyl (C=O) groups is 2. The second-order valence-corrected chi connectivity index (χ2v) is 6.22. The van der Waals surface area contributed by atoms with Gasteiger partial charge in [-0.05, 0) is 32.1 Å². The summed E-state index contributed by atoms with van der Waals surface area (Å²) in [7, 11) is 1.88. The zero-order chi connectivity index (χ0) is 13.6. The van der Waals surface area contributed by atoms with Crippen LogP contribution in [-0.4, -0.2) is 52.1 Å². The average Bonchev–Trinajstić information content (AvgIpc) is 3.11. The fraction of sp³-hybridized carbons (Fsp3) is 0.857. The van der Waals surface area contributed by atoms with E-state index in [2.05, 4.69) is 0 Å². The molecule has 0 aromatic rings. The molecule has 2 heterocycles. The Bertz CT molecular complexity index is 392. The van der Waals surface area contributed by atoms with Gasteiger partial charge in [-0.3, -0.25) is 4.79 Å². The molecule has 3 aliphatic rings. The van der Waals surface area contributed by atoms with E-state index in [1.807, 2.05) is 16.8 Å². The van der Waals surface area contributed by atoms with Gasteiger partial charge in [-0.1, -0.05) is 12.8 Å². The van der Waals surface area contributed by atoms with E-state index in [0.717, 1.165) is 25.7 Å². The number of hydrogen-bond acceptors (Lipinski definition) is 2. The van der Waals surface area contributed by atoms with Gasteiger partial charge in [0.2, 0.25) is 0 Å². The number of carboxylic acids is 1. The van der Waals surface area contributed by atoms with Crippen LogP contribution < -0.4 is 0 Å². The molecule has 0 spiro atoms. The van der Waals surface area contributed by atoms with Gasteiger partial charge in [0.25, 0.3) is 0 Å². The molecular weight excluding hydrogens is 244 g/mol. The van der Waals surface area contributed by atoms with Crippen LogP contribution in [0.3, 0.4) is 0 Å². The van der Waals surface area contributed by atoms with Crippen LogP contribution >= 0.6 is 0 Å². The smallest absolute Gasteiger partial charge is 0.320 e. The van der Waals surface area contributed by atoms with Gasteiger partial charge >= 0.3 is 12.0 Å². The van der Waals surface area contributed by atoms with Crippen molar-refractivity contribution in [2.75, 3.05) is 7.05 Å². The van der Waals surface area contributed by atoms with Gasteiger partial charge in [-0.25, -0.2) is 4.79 Å². The number of aliphatic carboxylic acids is 1. The van der Waals surface area contributed by atoms with Crippen molar-refractivity contribution < 1.29 is 14.7 Å². The van der Waals surface area contributed by atoms with Gasteiger partial charge < -0.3 is 14.9 Å². The number of amides is 2. The summed E-state index contributed by atoms with van der Waals surface area (Å²) in [5.41, 5.74) is 0. The summed E-state index contributed by atoms with van der Waals surface area (Å²) in [6, 6.07) is 0.500. The molecule has 1 N–H and O–H groups in total. The van der Waals surface area contributed by atoms with Crippen LogP contribution in [0, 0.1) is 5.92 Å². The highest BCUT2D eigenvalue weighted by Gasteiger charge is 2.52. The molecule has 0 aromatic carbocycles. The standard InChI is InChI=1S/C14H22N2O3/c1-15(9-4-2-3-5-9)14(19)16-10-6-7-12(16)11(8-10)13(17)18/h9-12H,2-8H2,1H3,(H,17,18)/t10-,11+,12-/m0/s1. The molecule has 3 atom stereocenters. The number of fused-ring (bicyclic) bond motifs is 2. The van der Waals surface area contributed by atoms with Crippen molar-refractivity contribution >= 4 is 12.0 Å². The molecule has 2 amide bonds. The molecule has 19 heavy (non-hydrogen) atoms. The summed E-state index contributed by atoms with van der Waals surface area (Å²) in [6.07, 6.45) is 7.05. The van der Waals surface area contributed by atoms with E-state index in [-0.39, 0.29) is 24.0 Å². The lowest BCUT2D eigenvalue weighted by Gasteiger charge is -2.32. The molecular formula is C14H22N2O3. The summed E-state index contributed by atoms with van der Waals surface area (Å²) in [5.74, 6) is -1.09. The number of urea groups is 1. The normalized spacial score (nSPS) is 33.9. The van der Waals surface area contributed by atoms with Crippen molar-refractivity contribution in [1.82, 2.24) is 9.80 Å². The van der Waals surface area contributed by atoms with E-state index in [0.29, 0.717) is 12.5 Å². The Hall–Kier alpha value is -1.26. The van der Waals surface area contributed by atoms with Crippen LogP contribution in [0.1, 0.15) is 44.9 Å². The Morgan fingerprint density at radius 3 is 2.42 bits per heavy atom. The van der Waals surface area contributed by atoms with Crippen molar-refractivity contribution in [2.24, 2.45) is 5.92 Å². The highest BCUT2D eigenvalue weighted by Crippen LogP contribution is 2.42. The third-order valence-electron chi connectivity index (χ3n) is 5.25. The summed E-state index contributed by atoms with van der Waals surface area (Å²) >= 11 is 0. The van der Waals surface area contributed by atoms with Crippen molar-refractivity contribution in [3.63, 3.8) is 0 Å². The monoisotopic (exact) mass is 266 g/mol. The molecule has 1 aliphatic carbocycles. The maximum absolute atomic E-state index is 12.6. The van der Waals surface area contributed by atoms with Crippen molar-refractivity contribution in [3.8, 4) is 0 Å². The lowest BCUT2D eigenvalue weighted by Crippen LogP contribution is -2.48. The lowest BCUT2D eigenvalue weighted by molar-refractivity contribution is -0.142. The number of carboxylic acid groups (broad SMARTS) is 1. The molecule has 0 aromatic heterocycles. The predicted molar refractivity (Wildman–Crippen MR) is 69.8 cm³/mol. The Balaban J connectivity index is 1.72. The summed E-state index contributed by atoms with van der Waals surface area (Å²) in [5, 5.41) is 9.23. The molecule has 2 bridgehead atoms. The molecule has 0 radical (unpaired) electrons. The van der Waals surface area contributed by atoms with Gasteiger partial charge in [0, 0.05) is 25.2 Å². The van der Waals surface area contributed by atoms with Crippen LogP contribution in [-0.2, 0) is 4.79 Å². The summed E-state index contributed by atoms with van der Waals surface area (Å²) < 4.78 is 0. The first-order valence-corrected chi connectivity index (χ1v) is 7.37. The van der Waals surface area contributed by atoms with E-state index in [1.54, 1.807) is 0 Å². The SMILES string of the molecule is CN(C(=O)N1[C@H]2CC[C@H]1[C@H](C(=O)O)C2)C1CCCC1. The molecule has 1 saturated carbocycles. The molecule has 2 saturated heterocycles. The molecule has 3 fully saturated rings. The molecule has 0 unspecified atom stereocenters. The minimum absolute atomic E-state index is 0.0585.